The van der Waals surface area contributed by atoms with Gasteiger partial charge < -0.3 is 9.88 Å². The minimum absolute atomic E-state index is 0.0692. The largest absolute Gasteiger partial charge is 0.339 e. The second-order valence-corrected chi connectivity index (χ2v) is 7.34. The molecule has 0 bridgehead atoms. The molecule has 2 aromatic rings. The van der Waals surface area contributed by atoms with Crippen molar-refractivity contribution in [3.63, 3.8) is 0 Å². The van der Waals surface area contributed by atoms with Crippen LogP contribution in [0.25, 0.3) is 0 Å². The van der Waals surface area contributed by atoms with Crippen LogP contribution in [0, 0.1) is 13.8 Å². The van der Waals surface area contributed by atoms with Crippen LogP contribution in [0.2, 0.25) is 0 Å². The average Bonchev–Trinajstić information content (AvgIpc) is 3.16. The molecule has 1 aliphatic carbocycles. The number of carbonyl (C=O) groups excluding carboxylic acids is 1. The zero-order valence-electron chi connectivity index (χ0n) is 11.9. The van der Waals surface area contributed by atoms with E-state index in [0.717, 1.165) is 33.0 Å². The van der Waals surface area contributed by atoms with Crippen LogP contribution in [-0.2, 0) is 0 Å². The third kappa shape index (κ3) is 3.09. The SMILES string of the molecule is Cc1cc(C)c(NC(=O)c2cc(Br)cn2C2CC2)c(Br)c1. The minimum Gasteiger partial charge on any atom is -0.339 e. The Balaban J connectivity index is 1.90. The summed E-state index contributed by atoms with van der Waals surface area (Å²) in [7, 11) is 0. The first-order valence-corrected chi connectivity index (χ1v) is 8.50. The van der Waals surface area contributed by atoms with Gasteiger partial charge in [-0.15, -0.1) is 0 Å². The summed E-state index contributed by atoms with van der Waals surface area (Å²) < 4.78 is 3.92. The summed E-state index contributed by atoms with van der Waals surface area (Å²) in [5.41, 5.74) is 3.77. The molecule has 0 atom stereocenters. The molecule has 1 fully saturated rings. The molecule has 1 amide bonds. The van der Waals surface area contributed by atoms with Crippen LogP contribution in [0.3, 0.4) is 0 Å². The number of amides is 1. The molecule has 0 unspecified atom stereocenters. The zero-order chi connectivity index (χ0) is 15.1. The number of rotatable bonds is 3. The summed E-state index contributed by atoms with van der Waals surface area (Å²) in [4.78, 5) is 12.6. The van der Waals surface area contributed by atoms with Gasteiger partial charge in [-0.05, 0) is 81.8 Å². The van der Waals surface area contributed by atoms with Crippen molar-refractivity contribution < 1.29 is 4.79 Å². The summed E-state index contributed by atoms with van der Waals surface area (Å²) in [5, 5.41) is 3.03. The van der Waals surface area contributed by atoms with Crippen molar-refractivity contribution in [3.05, 3.63) is 50.2 Å². The molecule has 1 heterocycles. The Morgan fingerprint density at radius 3 is 2.57 bits per heavy atom. The number of aryl methyl sites for hydroxylation is 2. The van der Waals surface area contributed by atoms with Crippen molar-refractivity contribution in [1.29, 1.82) is 0 Å². The summed E-state index contributed by atoms with van der Waals surface area (Å²) in [5.74, 6) is -0.0692. The maximum Gasteiger partial charge on any atom is 0.272 e. The lowest BCUT2D eigenvalue weighted by Crippen LogP contribution is -2.17. The molecule has 0 radical (unpaired) electrons. The van der Waals surface area contributed by atoms with Gasteiger partial charge in [0.05, 0.1) is 5.69 Å². The predicted octanol–water partition coefficient (Wildman–Crippen LogP) is 5.22. The zero-order valence-corrected chi connectivity index (χ0v) is 15.1. The summed E-state index contributed by atoms with van der Waals surface area (Å²) in [6.07, 6.45) is 4.28. The highest BCUT2D eigenvalue weighted by Gasteiger charge is 2.28. The van der Waals surface area contributed by atoms with Crippen molar-refractivity contribution >= 4 is 43.5 Å². The van der Waals surface area contributed by atoms with Crippen molar-refractivity contribution in [1.82, 2.24) is 4.57 Å². The molecule has 21 heavy (non-hydrogen) atoms. The highest BCUT2D eigenvalue weighted by Crippen LogP contribution is 2.38. The fourth-order valence-electron chi connectivity index (χ4n) is 2.53. The van der Waals surface area contributed by atoms with Crippen LogP contribution in [0.15, 0.2) is 33.3 Å². The Labute approximate surface area is 141 Å². The number of aromatic nitrogens is 1. The molecule has 1 aliphatic rings. The molecule has 1 aromatic carbocycles. The van der Waals surface area contributed by atoms with Gasteiger partial charge in [-0.25, -0.2) is 0 Å². The first-order valence-electron chi connectivity index (χ1n) is 6.91. The van der Waals surface area contributed by atoms with Crippen LogP contribution < -0.4 is 5.32 Å². The fraction of sp³-hybridized carbons (Fsp3) is 0.312. The van der Waals surface area contributed by atoms with Crippen molar-refractivity contribution in [3.8, 4) is 0 Å². The molecule has 0 spiro atoms. The number of anilines is 1. The van der Waals surface area contributed by atoms with Crippen LogP contribution >= 0.6 is 31.9 Å². The van der Waals surface area contributed by atoms with E-state index in [4.69, 9.17) is 0 Å². The Kier molecular flexibility index (Phi) is 3.97. The van der Waals surface area contributed by atoms with Crippen LogP contribution in [0.1, 0.15) is 40.5 Å². The number of hydrogen-bond donors (Lipinski definition) is 1. The standard InChI is InChI=1S/C16H16Br2N2O/c1-9-5-10(2)15(13(18)6-9)19-16(21)14-7-11(17)8-20(14)12-3-4-12/h5-8,12H,3-4H2,1-2H3,(H,19,21). The number of carbonyl (C=O) groups is 1. The summed E-state index contributed by atoms with van der Waals surface area (Å²) in [6.45, 7) is 4.04. The summed E-state index contributed by atoms with van der Waals surface area (Å²) in [6, 6.07) is 6.43. The van der Waals surface area contributed by atoms with Crippen molar-refractivity contribution in [2.75, 3.05) is 5.32 Å². The molecule has 3 rings (SSSR count). The Morgan fingerprint density at radius 2 is 1.95 bits per heavy atom. The topological polar surface area (TPSA) is 34.0 Å². The smallest absolute Gasteiger partial charge is 0.272 e. The summed E-state index contributed by atoms with van der Waals surface area (Å²) >= 11 is 6.99. The molecular formula is C16H16Br2N2O. The molecular weight excluding hydrogens is 396 g/mol. The highest BCUT2D eigenvalue weighted by atomic mass is 79.9. The quantitative estimate of drug-likeness (QED) is 0.738. The van der Waals surface area contributed by atoms with E-state index in [0.29, 0.717) is 11.7 Å². The second-order valence-electron chi connectivity index (χ2n) is 5.57. The third-order valence-electron chi connectivity index (χ3n) is 3.66. The predicted molar refractivity (Wildman–Crippen MR) is 92.0 cm³/mol. The Hall–Kier alpha value is -1.07. The first-order chi connectivity index (χ1) is 9.95. The van der Waals surface area contributed by atoms with Gasteiger partial charge in [0.25, 0.3) is 5.91 Å². The lowest BCUT2D eigenvalue weighted by atomic mass is 10.1. The fourth-order valence-corrected chi connectivity index (χ4v) is 3.74. The number of halogens is 2. The molecule has 0 saturated heterocycles. The number of nitrogens with zero attached hydrogens (tertiary/aromatic N) is 1. The van der Waals surface area contributed by atoms with Gasteiger partial charge in [0, 0.05) is 21.2 Å². The lowest BCUT2D eigenvalue weighted by molar-refractivity contribution is 0.101. The van der Waals surface area contributed by atoms with E-state index in [1.165, 1.54) is 5.56 Å². The van der Waals surface area contributed by atoms with Gasteiger partial charge in [0.1, 0.15) is 5.69 Å². The second kappa shape index (κ2) is 5.61. The Morgan fingerprint density at radius 1 is 1.24 bits per heavy atom. The van der Waals surface area contributed by atoms with E-state index in [1.807, 2.05) is 32.2 Å². The van der Waals surface area contributed by atoms with E-state index in [1.54, 1.807) is 0 Å². The molecule has 5 heteroatoms. The number of hydrogen-bond acceptors (Lipinski definition) is 1. The van der Waals surface area contributed by atoms with E-state index in [-0.39, 0.29) is 5.91 Å². The van der Waals surface area contributed by atoms with E-state index < -0.39 is 0 Å². The van der Waals surface area contributed by atoms with Gasteiger partial charge in [-0.1, -0.05) is 6.07 Å². The molecule has 1 aromatic heterocycles. The van der Waals surface area contributed by atoms with Crippen molar-refractivity contribution in [2.24, 2.45) is 0 Å². The van der Waals surface area contributed by atoms with E-state index >= 15 is 0 Å². The maximum atomic E-state index is 12.6. The van der Waals surface area contributed by atoms with Gasteiger partial charge >= 0.3 is 0 Å². The van der Waals surface area contributed by atoms with Crippen LogP contribution in [0.5, 0.6) is 0 Å². The Bertz CT molecular complexity index is 694. The molecule has 110 valence electrons. The van der Waals surface area contributed by atoms with E-state index in [9.17, 15) is 4.79 Å². The van der Waals surface area contributed by atoms with Gasteiger partial charge in [0.15, 0.2) is 0 Å². The third-order valence-corrected chi connectivity index (χ3v) is 4.72. The molecule has 1 saturated carbocycles. The number of benzene rings is 1. The average molecular weight is 412 g/mol. The first kappa shape index (κ1) is 14.9. The van der Waals surface area contributed by atoms with E-state index in [2.05, 4.69) is 47.8 Å². The molecule has 1 N–H and O–H groups in total. The number of nitrogens with one attached hydrogen (secondary N) is 1. The van der Waals surface area contributed by atoms with Crippen LogP contribution in [0.4, 0.5) is 5.69 Å². The molecule has 3 nitrogen and oxygen atoms in total. The monoisotopic (exact) mass is 410 g/mol. The van der Waals surface area contributed by atoms with Crippen LogP contribution in [-0.4, -0.2) is 10.5 Å². The normalized spacial score (nSPS) is 14.3. The van der Waals surface area contributed by atoms with Gasteiger partial charge in [0.2, 0.25) is 0 Å². The van der Waals surface area contributed by atoms with Gasteiger partial charge in [-0.3, -0.25) is 4.79 Å². The van der Waals surface area contributed by atoms with Crippen molar-refractivity contribution in [2.45, 2.75) is 32.7 Å². The highest BCUT2D eigenvalue weighted by molar-refractivity contribution is 9.10. The van der Waals surface area contributed by atoms with Gasteiger partial charge in [-0.2, -0.15) is 0 Å². The molecule has 0 aliphatic heterocycles. The minimum atomic E-state index is -0.0692. The lowest BCUT2D eigenvalue weighted by Gasteiger charge is -2.13. The maximum absolute atomic E-state index is 12.6.